The van der Waals surface area contributed by atoms with E-state index in [9.17, 15) is 18.0 Å². The van der Waals surface area contributed by atoms with Crippen LogP contribution in [0.5, 0.6) is 5.75 Å². The molecule has 11 heteroatoms. The molecule has 0 bridgehead atoms. The van der Waals surface area contributed by atoms with Gasteiger partial charge in [-0.2, -0.15) is 0 Å². The molecule has 3 aromatic carbocycles. The first-order valence-electron chi connectivity index (χ1n) is 12.6. The summed E-state index contributed by atoms with van der Waals surface area (Å²) in [5, 5.41) is 3.23. The summed E-state index contributed by atoms with van der Waals surface area (Å²) in [6, 6.07) is 16.6. The van der Waals surface area contributed by atoms with E-state index in [1.807, 2.05) is 20.8 Å². The molecular formula is C29H33Cl2N3O5S. The molecule has 2 amide bonds. The second-order valence-electron chi connectivity index (χ2n) is 9.66. The standard InChI is InChI=1S/C29H33Cl2N3O5S/c1-19(2)32-29(36)21(4)33(17-22-7-6-8-26(13-22)39-5)28(35)18-34(25-15-23(30)14-24(31)16-25)40(37,38)27-11-9-20(3)10-12-27/h6-16,19,21H,17-18H2,1-5H3,(H,32,36)/t21-/m0/s1. The number of aryl methyl sites for hydroxylation is 1. The Morgan fingerprint density at radius 3 is 2.15 bits per heavy atom. The Bertz CT molecular complexity index is 1440. The highest BCUT2D eigenvalue weighted by Gasteiger charge is 2.33. The number of benzene rings is 3. The number of anilines is 1. The van der Waals surface area contributed by atoms with Gasteiger partial charge in [-0.1, -0.05) is 53.0 Å². The van der Waals surface area contributed by atoms with Crippen molar-refractivity contribution in [2.75, 3.05) is 18.0 Å². The highest BCUT2D eigenvalue weighted by atomic mass is 35.5. The van der Waals surface area contributed by atoms with Crippen molar-refractivity contribution in [3.63, 3.8) is 0 Å². The number of ether oxygens (including phenoxy) is 1. The Hall–Kier alpha value is -3.27. The first-order valence-corrected chi connectivity index (χ1v) is 14.8. The third-order valence-corrected chi connectivity index (χ3v) is 8.33. The SMILES string of the molecule is COc1cccc(CN(C(=O)CN(c2cc(Cl)cc(Cl)c2)S(=O)(=O)c2ccc(C)cc2)[C@@H](C)C(=O)NC(C)C)c1. The Morgan fingerprint density at radius 2 is 1.57 bits per heavy atom. The molecule has 3 aromatic rings. The molecule has 0 aliphatic carbocycles. The number of sulfonamides is 1. The molecule has 0 fully saturated rings. The fourth-order valence-electron chi connectivity index (χ4n) is 4.00. The summed E-state index contributed by atoms with van der Waals surface area (Å²) < 4.78 is 34.0. The van der Waals surface area contributed by atoms with Gasteiger partial charge in [0, 0.05) is 22.6 Å². The van der Waals surface area contributed by atoms with Gasteiger partial charge in [0.15, 0.2) is 0 Å². The number of amides is 2. The van der Waals surface area contributed by atoms with Crippen LogP contribution < -0.4 is 14.4 Å². The van der Waals surface area contributed by atoms with Crippen LogP contribution in [0.3, 0.4) is 0 Å². The van der Waals surface area contributed by atoms with Gasteiger partial charge < -0.3 is 15.0 Å². The number of hydrogen-bond donors (Lipinski definition) is 1. The predicted molar refractivity (Wildman–Crippen MR) is 158 cm³/mol. The molecule has 1 N–H and O–H groups in total. The Morgan fingerprint density at radius 1 is 0.950 bits per heavy atom. The molecule has 0 saturated heterocycles. The van der Waals surface area contributed by atoms with Crippen molar-refractivity contribution in [2.24, 2.45) is 0 Å². The highest BCUT2D eigenvalue weighted by molar-refractivity contribution is 7.92. The lowest BCUT2D eigenvalue weighted by molar-refractivity contribution is -0.139. The molecule has 1 atom stereocenters. The van der Waals surface area contributed by atoms with Crippen LogP contribution in [0.4, 0.5) is 5.69 Å². The van der Waals surface area contributed by atoms with Gasteiger partial charge >= 0.3 is 0 Å². The fraction of sp³-hybridized carbons (Fsp3) is 0.310. The third-order valence-electron chi connectivity index (χ3n) is 6.11. The second kappa shape index (κ2) is 13.4. The van der Waals surface area contributed by atoms with E-state index in [4.69, 9.17) is 27.9 Å². The third kappa shape index (κ3) is 7.90. The molecule has 40 heavy (non-hydrogen) atoms. The highest BCUT2D eigenvalue weighted by Crippen LogP contribution is 2.30. The topological polar surface area (TPSA) is 96.0 Å². The Kier molecular flexibility index (Phi) is 10.5. The van der Waals surface area contributed by atoms with Crippen molar-refractivity contribution < 1.29 is 22.7 Å². The van der Waals surface area contributed by atoms with Gasteiger partial charge in [0.2, 0.25) is 11.8 Å². The molecule has 0 spiro atoms. The lowest BCUT2D eigenvalue weighted by Gasteiger charge is -2.32. The number of rotatable bonds is 11. The van der Waals surface area contributed by atoms with Gasteiger partial charge in [-0.15, -0.1) is 0 Å². The number of methoxy groups -OCH3 is 1. The molecule has 3 rings (SSSR count). The van der Waals surface area contributed by atoms with Crippen LogP contribution in [0.2, 0.25) is 10.0 Å². The van der Waals surface area contributed by atoms with Crippen molar-refractivity contribution >= 4 is 50.7 Å². The lowest BCUT2D eigenvalue weighted by Crippen LogP contribution is -2.52. The summed E-state index contributed by atoms with van der Waals surface area (Å²) in [6.07, 6.45) is 0. The lowest BCUT2D eigenvalue weighted by atomic mass is 10.1. The van der Waals surface area contributed by atoms with Crippen LogP contribution in [0.1, 0.15) is 31.9 Å². The molecule has 214 valence electrons. The molecule has 0 unspecified atom stereocenters. The molecule has 0 heterocycles. The molecule has 0 aromatic heterocycles. The van der Waals surface area contributed by atoms with Crippen LogP contribution in [0.15, 0.2) is 71.6 Å². The number of hydrogen-bond acceptors (Lipinski definition) is 5. The number of nitrogens with one attached hydrogen (secondary N) is 1. The minimum absolute atomic E-state index is 0.00746. The van der Waals surface area contributed by atoms with E-state index in [-0.39, 0.29) is 39.1 Å². The average molecular weight is 607 g/mol. The maximum absolute atomic E-state index is 14.0. The van der Waals surface area contributed by atoms with E-state index >= 15 is 0 Å². The van der Waals surface area contributed by atoms with Gasteiger partial charge in [-0.3, -0.25) is 13.9 Å². The van der Waals surface area contributed by atoms with Crippen molar-refractivity contribution in [2.45, 2.75) is 51.2 Å². The maximum atomic E-state index is 14.0. The van der Waals surface area contributed by atoms with E-state index in [0.29, 0.717) is 11.3 Å². The van der Waals surface area contributed by atoms with Gasteiger partial charge in [0.1, 0.15) is 18.3 Å². The smallest absolute Gasteiger partial charge is 0.264 e. The molecule has 0 aliphatic heterocycles. The normalized spacial score (nSPS) is 12.1. The predicted octanol–water partition coefficient (Wildman–Crippen LogP) is 5.45. The number of carbonyl (C=O) groups is 2. The van der Waals surface area contributed by atoms with E-state index < -0.39 is 28.5 Å². The van der Waals surface area contributed by atoms with Gasteiger partial charge in [0.25, 0.3) is 10.0 Å². The summed E-state index contributed by atoms with van der Waals surface area (Å²) in [7, 11) is -2.70. The zero-order valence-corrected chi connectivity index (χ0v) is 25.3. The molecule has 0 radical (unpaired) electrons. The Balaban J connectivity index is 2.07. The van der Waals surface area contributed by atoms with Gasteiger partial charge in [0.05, 0.1) is 17.7 Å². The molecular weight excluding hydrogens is 573 g/mol. The zero-order chi connectivity index (χ0) is 29.6. The molecule has 0 saturated carbocycles. The average Bonchev–Trinajstić information content (AvgIpc) is 2.89. The fourth-order valence-corrected chi connectivity index (χ4v) is 5.92. The van der Waals surface area contributed by atoms with Crippen LogP contribution in [-0.2, 0) is 26.2 Å². The van der Waals surface area contributed by atoms with E-state index in [1.54, 1.807) is 43.3 Å². The quantitative estimate of drug-likeness (QED) is 0.313. The number of carbonyl (C=O) groups excluding carboxylic acids is 2. The first kappa shape index (κ1) is 31.3. The van der Waals surface area contributed by atoms with Crippen molar-refractivity contribution in [3.8, 4) is 5.75 Å². The Labute approximate surface area is 245 Å². The van der Waals surface area contributed by atoms with Gasteiger partial charge in [-0.05, 0) is 75.7 Å². The molecule has 0 aliphatic rings. The van der Waals surface area contributed by atoms with Gasteiger partial charge in [-0.25, -0.2) is 8.42 Å². The second-order valence-corrected chi connectivity index (χ2v) is 12.4. The summed E-state index contributed by atoms with van der Waals surface area (Å²) >= 11 is 12.4. The van der Waals surface area contributed by atoms with Crippen LogP contribution in [0, 0.1) is 6.92 Å². The largest absolute Gasteiger partial charge is 0.497 e. The minimum atomic E-state index is -4.23. The molecule has 8 nitrogen and oxygen atoms in total. The maximum Gasteiger partial charge on any atom is 0.264 e. The summed E-state index contributed by atoms with van der Waals surface area (Å²) in [4.78, 5) is 28.3. The van der Waals surface area contributed by atoms with Crippen LogP contribution >= 0.6 is 23.2 Å². The van der Waals surface area contributed by atoms with E-state index in [0.717, 1.165) is 9.87 Å². The van der Waals surface area contributed by atoms with Crippen molar-refractivity contribution in [3.05, 3.63) is 87.9 Å². The van der Waals surface area contributed by atoms with Crippen LogP contribution in [0.25, 0.3) is 0 Å². The number of halogens is 2. The summed E-state index contributed by atoms with van der Waals surface area (Å²) in [5.41, 5.74) is 1.70. The first-order chi connectivity index (χ1) is 18.8. The summed E-state index contributed by atoms with van der Waals surface area (Å²) in [5.74, 6) is -0.382. The summed E-state index contributed by atoms with van der Waals surface area (Å²) in [6.45, 7) is 6.52. The monoisotopic (exact) mass is 605 g/mol. The minimum Gasteiger partial charge on any atom is -0.497 e. The van der Waals surface area contributed by atoms with E-state index in [2.05, 4.69) is 5.32 Å². The zero-order valence-electron chi connectivity index (χ0n) is 23.0. The van der Waals surface area contributed by atoms with E-state index in [1.165, 1.54) is 42.3 Å². The van der Waals surface area contributed by atoms with Crippen molar-refractivity contribution in [1.82, 2.24) is 10.2 Å². The van der Waals surface area contributed by atoms with Crippen molar-refractivity contribution in [1.29, 1.82) is 0 Å². The number of nitrogens with zero attached hydrogens (tertiary/aromatic N) is 2. The van der Waals surface area contributed by atoms with Crippen LogP contribution in [-0.4, -0.2) is 50.9 Å².